The predicted octanol–water partition coefficient (Wildman–Crippen LogP) is 0.475. The van der Waals surface area contributed by atoms with Crippen molar-refractivity contribution in [2.24, 2.45) is 5.73 Å². The van der Waals surface area contributed by atoms with Gasteiger partial charge in [-0.15, -0.1) is 12.4 Å². The molecule has 0 bridgehead atoms. The topological polar surface area (TPSA) is 89.3 Å². The number of halogens is 1. The Balaban J connectivity index is 0. The van der Waals surface area contributed by atoms with E-state index in [0.29, 0.717) is 6.54 Å². The molecule has 3 N–H and O–H groups in total. The minimum atomic E-state index is -3.34. The molecule has 0 aromatic carbocycles. The second-order valence-corrected chi connectivity index (χ2v) is 6.63. The van der Waals surface area contributed by atoms with Crippen LogP contribution >= 0.6 is 12.4 Å². The molecule has 1 atom stereocenters. The largest absolute Gasteiger partial charge is 0.353 e. The van der Waals surface area contributed by atoms with Crippen LogP contribution in [0.15, 0.2) is 0 Å². The maximum atomic E-state index is 11.5. The number of rotatable bonds is 6. The minimum Gasteiger partial charge on any atom is -0.353 e. The van der Waals surface area contributed by atoms with Crippen molar-refractivity contribution in [3.05, 3.63) is 0 Å². The van der Waals surface area contributed by atoms with Crippen molar-refractivity contribution in [2.75, 3.05) is 12.8 Å². The summed E-state index contributed by atoms with van der Waals surface area (Å²) in [5, 5.41) is 1.57. The predicted molar refractivity (Wildman–Crippen MR) is 72.1 cm³/mol. The van der Waals surface area contributed by atoms with Gasteiger partial charge in [-0.25, -0.2) is 8.42 Å². The lowest BCUT2D eigenvalue weighted by Gasteiger charge is -2.27. The maximum absolute atomic E-state index is 11.5. The fourth-order valence-electron chi connectivity index (χ4n) is 1.10. The molecule has 0 aromatic heterocycles. The molecule has 5 nitrogen and oxygen atoms in total. The van der Waals surface area contributed by atoms with Gasteiger partial charge in [0.2, 0.25) is 5.91 Å². The molecule has 1 unspecified atom stereocenters. The smallest absolute Gasteiger partial charge is 0.238 e. The van der Waals surface area contributed by atoms with Crippen molar-refractivity contribution in [2.45, 2.75) is 44.4 Å². The lowest BCUT2D eigenvalue weighted by Crippen LogP contribution is -2.51. The van der Waals surface area contributed by atoms with Crippen LogP contribution in [0.2, 0.25) is 0 Å². The number of amides is 1. The molecular formula is C10H23ClN2O3S. The van der Waals surface area contributed by atoms with Crippen molar-refractivity contribution in [1.82, 2.24) is 5.32 Å². The Morgan fingerprint density at radius 2 is 1.76 bits per heavy atom. The number of nitrogens with two attached hydrogens (primary N) is 1. The first-order valence-corrected chi connectivity index (χ1v) is 7.37. The molecule has 0 heterocycles. The SMILES string of the molecule is CCC(N)(CC)CNC(=O)C(C)S(C)(=O)=O.Cl. The highest BCUT2D eigenvalue weighted by atomic mass is 35.5. The van der Waals surface area contributed by atoms with Crippen LogP contribution in [0.5, 0.6) is 0 Å². The lowest BCUT2D eigenvalue weighted by atomic mass is 9.94. The second kappa shape index (κ2) is 7.18. The third kappa shape index (κ3) is 6.24. The second-order valence-electron chi connectivity index (χ2n) is 4.26. The first kappa shape index (κ1) is 19.0. The van der Waals surface area contributed by atoms with E-state index in [1.165, 1.54) is 6.92 Å². The Kier molecular flexibility index (Phi) is 8.03. The molecular weight excluding hydrogens is 264 g/mol. The summed E-state index contributed by atoms with van der Waals surface area (Å²) in [6.45, 7) is 5.56. The summed E-state index contributed by atoms with van der Waals surface area (Å²) < 4.78 is 22.3. The summed E-state index contributed by atoms with van der Waals surface area (Å²) in [4.78, 5) is 11.5. The van der Waals surface area contributed by atoms with Crippen LogP contribution in [0.25, 0.3) is 0 Å². The molecule has 0 rings (SSSR count). The van der Waals surface area contributed by atoms with Crippen molar-refractivity contribution in [3.63, 3.8) is 0 Å². The zero-order chi connectivity index (χ0) is 13.0. The van der Waals surface area contributed by atoms with E-state index in [1.54, 1.807) is 0 Å². The molecule has 0 saturated carbocycles. The zero-order valence-electron chi connectivity index (χ0n) is 10.8. The van der Waals surface area contributed by atoms with Gasteiger partial charge in [0.25, 0.3) is 0 Å². The summed E-state index contributed by atoms with van der Waals surface area (Å²) >= 11 is 0. The van der Waals surface area contributed by atoms with Gasteiger partial charge in [-0.1, -0.05) is 13.8 Å². The molecule has 17 heavy (non-hydrogen) atoms. The van der Waals surface area contributed by atoms with Crippen LogP contribution < -0.4 is 11.1 Å². The Morgan fingerprint density at radius 1 is 1.35 bits per heavy atom. The Labute approximate surface area is 110 Å². The van der Waals surface area contributed by atoms with Gasteiger partial charge in [0.15, 0.2) is 9.84 Å². The lowest BCUT2D eigenvalue weighted by molar-refractivity contribution is -0.120. The van der Waals surface area contributed by atoms with Gasteiger partial charge in [0, 0.05) is 18.3 Å². The van der Waals surface area contributed by atoms with Crippen LogP contribution in [0.4, 0.5) is 0 Å². The summed E-state index contributed by atoms with van der Waals surface area (Å²) in [5.74, 6) is -0.487. The van der Waals surface area contributed by atoms with E-state index in [1.807, 2.05) is 13.8 Å². The molecule has 0 fully saturated rings. The highest BCUT2D eigenvalue weighted by Crippen LogP contribution is 2.09. The number of carbonyl (C=O) groups is 1. The van der Waals surface area contributed by atoms with E-state index in [9.17, 15) is 13.2 Å². The normalized spacial score (nSPS) is 13.7. The maximum Gasteiger partial charge on any atom is 0.238 e. The van der Waals surface area contributed by atoms with E-state index < -0.39 is 26.5 Å². The molecule has 0 aliphatic rings. The van der Waals surface area contributed by atoms with Crippen LogP contribution in [0.1, 0.15) is 33.6 Å². The van der Waals surface area contributed by atoms with Crippen LogP contribution in [0, 0.1) is 0 Å². The summed E-state index contributed by atoms with van der Waals surface area (Å²) in [5.41, 5.74) is 5.54. The quantitative estimate of drug-likeness (QED) is 0.743. The van der Waals surface area contributed by atoms with Gasteiger partial charge >= 0.3 is 0 Å². The van der Waals surface area contributed by atoms with Crippen molar-refractivity contribution in [1.29, 1.82) is 0 Å². The minimum absolute atomic E-state index is 0. The third-order valence-electron chi connectivity index (χ3n) is 3.03. The monoisotopic (exact) mass is 286 g/mol. The molecule has 0 radical (unpaired) electrons. The van der Waals surface area contributed by atoms with E-state index in [2.05, 4.69) is 5.32 Å². The molecule has 0 aliphatic carbocycles. The number of hydrogen-bond acceptors (Lipinski definition) is 4. The van der Waals surface area contributed by atoms with Crippen LogP contribution in [-0.4, -0.2) is 37.9 Å². The van der Waals surface area contributed by atoms with Gasteiger partial charge in [-0.2, -0.15) is 0 Å². The van der Waals surface area contributed by atoms with E-state index in [4.69, 9.17) is 5.73 Å². The molecule has 1 amide bonds. The van der Waals surface area contributed by atoms with E-state index in [0.717, 1.165) is 19.1 Å². The van der Waals surface area contributed by atoms with Gasteiger partial charge in [-0.3, -0.25) is 4.79 Å². The standard InChI is InChI=1S/C10H22N2O3S.ClH/c1-5-10(11,6-2)7-12-9(13)8(3)16(4,14)15;/h8H,5-7,11H2,1-4H3,(H,12,13);1H. The molecule has 0 aliphatic heterocycles. The Hall–Kier alpha value is -0.330. The Morgan fingerprint density at radius 3 is 2.06 bits per heavy atom. The van der Waals surface area contributed by atoms with Crippen LogP contribution in [-0.2, 0) is 14.6 Å². The highest BCUT2D eigenvalue weighted by Gasteiger charge is 2.26. The van der Waals surface area contributed by atoms with Gasteiger partial charge in [0.05, 0.1) is 0 Å². The zero-order valence-corrected chi connectivity index (χ0v) is 12.5. The molecule has 0 spiro atoms. The fraction of sp³-hybridized carbons (Fsp3) is 0.900. The van der Waals surface area contributed by atoms with Gasteiger partial charge < -0.3 is 11.1 Å². The number of hydrogen-bond donors (Lipinski definition) is 2. The average molecular weight is 287 g/mol. The third-order valence-corrected chi connectivity index (χ3v) is 4.53. The van der Waals surface area contributed by atoms with Crippen molar-refractivity contribution < 1.29 is 13.2 Å². The number of nitrogens with one attached hydrogen (secondary N) is 1. The molecule has 0 saturated heterocycles. The summed E-state index contributed by atoms with van der Waals surface area (Å²) in [6.07, 6.45) is 2.51. The highest BCUT2D eigenvalue weighted by molar-refractivity contribution is 7.92. The molecule has 104 valence electrons. The number of sulfone groups is 1. The fourth-order valence-corrected chi connectivity index (χ4v) is 1.57. The molecule has 0 aromatic rings. The molecule has 7 heteroatoms. The van der Waals surface area contributed by atoms with Gasteiger partial charge in [0.1, 0.15) is 5.25 Å². The van der Waals surface area contributed by atoms with E-state index >= 15 is 0 Å². The van der Waals surface area contributed by atoms with Gasteiger partial charge in [-0.05, 0) is 19.8 Å². The van der Waals surface area contributed by atoms with Crippen LogP contribution in [0.3, 0.4) is 0 Å². The van der Waals surface area contributed by atoms with E-state index in [-0.39, 0.29) is 12.4 Å². The number of carbonyl (C=O) groups excluding carboxylic acids is 1. The average Bonchev–Trinajstić information content (AvgIpc) is 2.23. The Bertz CT molecular complexity index is 339. The van der Waals surface area contributed by atoms with Crippen molar-refractivity contribution in [3.8, 4) is 0 Å². The summed E-state index contributed by atoms with van der Waals surface area (Å²) in [6, 6.07) is 0. The first-order valence-electron chi connectivity index (χ1n) is 5.41. The summed E-state index contributed by atoms with van der Waals surface area (Å²) in [7, 11) is -3.34. The first-order chi connectivity index (χ1) is 7.16. The van der Waals surface area contributed by atoms with Crippen molar-refractivity contribution >= 4 is 28.2 Å².